The minimum atomic E-state index is -0.0519. The number of benzene rings is 1. The molecule has 0 saturated carbocycles. The second kappa shape index (κ2) is 6.53. The zero-order valence-electron chi connectivity index (χ0n) is 11.3. The molecule has 102 valence electrons. The lowest BCUT2D eigenvalue weighted by molar-refractivity contribution is -0.116. The van der Waals surface area contributed by atoms with Gasteiger partial charge < -0.3 is 5.32 Å². The van der Waals surface area contributed by atoms with Gasteiger partial charge in [-0.05, 0) is 37.1 Å². The van der Waals surface area contributed by atoms with Crippen molar-refractivity contribution >= 4 is 11.6 Å². The van der Waals surface area contributed by atoms with Crippen molar-refractivity contribution in [1.82, 2.24) is 9.78 Å². The Hall–Kier alpha value is -2.61. The summed E-state index contributed by atoms with van der Waals surface area (Å²) in [5.74, 6) is -0.0519. The Bertz CT molecular complexity index is 639. The van der Waals surface area contributed by atoms with Crippen molar-refractivity contribution in [3.8, 4) is 6.07 Å². The molecular weight excluding hydrogens is 252 g/mol. The van der Waals surface area contributed by atoms with E-state index >= 15 is 0 Å². The molecule has 1 heterocycles. The van der Waals surface area contributed by atoms with Crippen LogP contribution in [0.15, 0.2) is 36.7 Å². The Morgan fingerprint density at radius 3 is 3.05 bits per heavy atom. The molecule has 1 aromatic carbocycles. The van der Waals surface area contributed by atoms with Crippen LogP contribution in [0, 0.1) is 18.3 Å². The summed E-state index contributed by atoms with van der Waals surface area (Å²) in [5.41, 5.74) is 2.31. The fraction of sp³-hybridized carbons (Fsp3) is 0.267. The van der Waals surface area contributed by atoms with Crippen LogP contribution in [0.3, 0.4) is 0 Å². The topological polar surface area (TPSA) is 70.7 Å². The Balaban J connectivity index is 1.79. The van der Waals surface area contributed by atoms with Gasteiger partial charge in [-0.3, -0.25) is 9.48 Å². The first kappa shape index (κ1) is 13.8. The van der Waals surface area contributed by atoms with Crippen LogP contribution in [0.4, 0.5) is 5.69 Å². The molecule has 0 aliphatic rings. The van der Waals surface area contributed by atoms with Crippen molar-refractivity contribution in [1.29, 1.82) is 5.26 Å². The van der Waals surface area contributed by atoms with Crippen LogP contribution in [-0.4, -0.2) is 15.7 Å². The molecule has 1 amide bonds. The molecule has 0 bridgehead atoms. The highest BCUT2D eigenvalue weighted by Gasteiger charge is 2.03. The fourth-order valence-electron chi connectivity index (χ4n) is 1.88. The maximum Gasteiger partial charge on any atom is 0.224 e. The van der Waals surface area contributed by atoms with Crippen LogP contribution >= 0.6 is 0 Å². The first-order chi connectivity index (χ1) is 9.67. The number of nitriles is 1. The Morgan fingerprint density at radius 2 is 2.35 bits per heavy atom. The number of aryl methyl sites for hydroxylation is 2. The van der Waals surface area contributed by atoms with Gasteiger partial charge in [0, 0.05) is 24.8 Å². The van der Waals surface area contributed by atoms with E-state index in [0.717, 1.165) is 18.5 Å². The Morgan fingerprint density at radius 1 is 1.50 bits per heavy atom. The third-order valence-corrected chi connectivity index (χ3v) is 2.83. The van der Waals surface area contributed by atoms with Gasteiger partial charge in [0.05, 0.1) is 17.8 Å². The van der Waals surface area contributed by atoms with Gasteiger partial charge in [-0.15, -0.1) is 0 Å². The third kappa shape index (κ3) is 3.95. The molecule has 2 aromatic rings. The van der Waals surface area contributed by atoms with Crippen molar-refractivity contribution in [3.05, 3.63) is 47.8 Å². The highest BCUT2D eigenvalue weighted by molar-refractivity contribution is 5.90. The highest BCUT2D eigenvalue weighted by atomic mass is 16.1. The predicted molar refractivity (Wildman–Crippen MR) is 76.0 cm³/mol. The molecule has 5 heteroatoms. The van der Waals surface area contributed by atoms with E-state index in [1.807, 2.05) is 23.9 Å². The van der Waals surface area contributed by atoms with Crippen LogP contribution in [-0.2, 0) is 11.3 Å². The van der Waals surface area contributed by atoms with Crippen molar-refractivity contribution < 1.29 is 4.79 Å². The summed E-state index contributed by atoms with van der Waals surface area (Å²) in [6.45, 7) is 2.71. The molecule has 5 nitrogen and oxygen atoms in total. The third-order valence-electron chi connectivity index (χ3n) is 2.83. The van der Waals surface area contributed by atoms with Gasteiger partial charge in [-0.1, -0.05) is 6.07 Å². The molecule has 0 spiro atoms. The van der Waals surface area contributed by atoms with E-state index in [0.29, 0.717) is 17.7 Å². The van der Waals surface area contributed by atoms with E-state index < -0.39 is 0 Å². The first-order valence-electron chi connectivity index (χ1n) is 6.46. The van der Waals surface area contributed by atoms with Gasteiger partial charge >= 0.3 is 0 Å². The lowest BCUT2D eigenvalue weighted by Gasteiger charge is -2.05. The second-order valence-electron chi connectivity index (χ2n) is 4.63. The van der Waals surface area contributed by atoms with Crippen molar-refractivity contribution in [2.24, 2.45) is 0 Å². The number of rotatable bonds is 5. The van der Waals surface area contributed by atoms with Crippen LogP contribution in [0.1, 0.15) is 24.0 Å². The molecule has 0 radical (unpaired) electrons. The number of carbonyl (C=O) groups excluding carboxylic acids is 1. The summed E-state index contributed by atoms with van der Waals surface area (Å²) >= 11 is 0. The fourth-order valence-corrected chi connectivity index (χ4v) is 1.88. The molecule has 2 rings (SSSR count). The molecule has 0 saturated heterocycles. The van der Waals surface area contributed by atoms with Gasteiger partial charge in [-0.2, -0.15) is 10.4 Å². The number of carbonyl (C=O) groups is 1. The van der Waals surface area contributed by atoms with Gasteiger partial charge in [0.2, 0.25) is 5.91 Å². The average Bonchev–Trinajstić information content (AvgIpc) is 2.84. The van der Waals surface area contributed by atoms with E-state index in [-0.39, 0.29) is 5.91 Å². The summed E-state index contributed by atoms with van der Waals surface area (Å²) in [6.07, 6.45) is 4.91. The first-order valence-corrected chi connectivity index (χ1v) is 6.46. The number of nitrogens with one attached hydrogen (secondary N) is 1. The quantitative estimate of drug-likeness (QED) is 0.905. The summed E-state index contributed by atoms with van der Waals surface area (Å²) in [7, 11) is 0. The number of aromatic nitrogens is 2. The lowest BCUT2D eigenvalue weighted by Crippen LogP contribution is -2.12. The zero-order chi connectivity index (χ0) is 14.4. The molecule has 20 heavy (non-hydrogen) atoms. The van der Waals surface area contributed by atoms with Gasteiger partial charge in [0.15, 0.2) is 0 Å². The molecule has 0 atom stereocenters. The summed E-state index contributed by atoms with van der Waals surface area (Å²) in [4.78, 5) is 11.8. The highest BCUT2D eigenvalue weighted by Crippen LogP contribution is 2.10. The normalized spacial score (nSPS) is 10.0. The second-order valence-corrected chi connectivity index (χ2v) is 4.63. The number of amides is 1. The predicted octanol–water partition coefficient (Wildman–Crippen LogP) is 2.48. The number of anilines is 1. The van der Waals surface area contributed by atoms with Crippen molar-refractivity contribution in [3.63, 3.8) is 0 Å². The van der Waals surface area contributed by atoms with E-state index in [1.54, 1.807) is 30.5 Å². The minimum absolute atomic E-state index is 0.0519. The average molecular weight is 268 g/mol. The van der Waals surface area contributed by atoms with E-state index in [2.05, 4.69) is 10.4 Å². The maximum absolute atomic E-state index is 11.8. The van der Waals surface area contributed by atoms with Crippen LogP contribution in [0.25, 0.3) is 0 Å². The van der Waals surface area contributed by atoms with E-state index in [1.165, 1.54) is 0 Å². The maximum atomic E-state index is 11.8. The molecule has 1 N–H and O–H groups in total. The molecule has 0 fully saturated rings. The molecule has 0 aliphatic carbocycles. The molecular formula is C15H16N4O. The van der Waals surface area contributed by atoms with Crippen LogP contribution < -0.4 is 5.32 Å². The standard InChI is InChI=1S/C15H16N4O/c1-12-10-17-19(11-12)7-3-6-15(20)18-14-5-2-4-13(8-14)9-16/h2,4-5,8,10-11H,3,6-7H2,1H3,(H,18,20). The minimum Gasteiger partial charge on any atom is -0.326 e. The Kier molecular flexibility index (Phi) is 4.51. The largest absolute Gasteiger partial charge is 0.326 e. The van der Waals surface area contributed by atoms with Crippen molar-refractivity contribution in [2.75, 3.05) is 5.32 Å². The number of nitrogens with zero attached hydrogens (tertiary/aromatic N) is 3. The molecule has 0 unspecified atom stereocenters. The Labute approximate surface area is 117 Å². The smallest absolute Gasteiger partial charge is 0.224 e. The molecule has 1 aromatic heterocycles. The molecule has 0 aliphatic heterocycles. The van der Waals surface area contributed by atoms with Gasteiger partial charge in [0.25, 0.3) is 0 Å². The monoisotopic (exact) mass is 268 g/mol. The summed E-state index contributed by atoms with van der Waals surface area (Å²) in [5, 5.41) is 15.7. The van der Waals surface area contributed by atoms with Crippen molar-refractivity contribution in [2.45, 2.75) is 26.3 Å². The number of hydrogen-bond acceptors (Lipinski definition) is 3. The van der Waals surface area contributed by atoms with E-state index in [9.17, 15) is 4.79 Å². The van der Waals surface area contributed by atoms with Crippen LogP contribution in [0.2, 0.25) is 0 Å². The zero-order valence-corrected chi connectivity index (χ0v) is 11.3. The number of hydrogen-bond donors (Lipinski definition) is 1. The summed E-state index contributed by atoms with van der Waals surface area (Å²) < 4.78 is 1.83. The lowest BCUT2D eigenvalue weighted by atomic mass is 10.2. The van der Waals surface area contributed by atoms with Crippen LogP contribution in [0.5, 0.6) is 0 Å². The van der Waals surface area contributed by atoms with Gasteiger partial charge in [0.1, 0.15) is 0 Å². The summed E-state index contributed by atoms with van der Waals surface area (Å²) in [6, 6.07) is 8.93. The van der Waals surface area contributed by atoms with E-state index in [4.69, 9.17) is 5.26 Å². The van der Waals surface area contributed by atoms with Gasteiger partial charge in [-0.25, -0.2) is 0 Å². The SMILES string of the molecule is Cc1cnn(CCCC(=O)Nc2cccc(C#N)c2)c1.